The van der Waals surface area contributed by atoms with Crippen molar-refractivity contribution >= 4 is 9.84 Å². The van der Waals surface area contributed by atoms with Crippen LogP contribution in [0.15, 0.2) is 4.52 Å². The van der Waals surface area contributed by atoms with Crippen LogP contribution < -0.4 is 0 Å². The fraction of sp³-hybridized carbons (Fsp3) is 0.700. The molecule has 2 aromatic rings. The van der Waals surface area contributed by atoms with Gasteiger partial charge in [-0.25, -0.2) is 13.1 Å². The summed E-state index contributed by atoms with van der Waals surface area (Å²) in [6.07, 6.45) is 1.97. The van der Waals surface area contributed by atoms with Crippen molar-refractivity contribution in [2.45, 2.75) is 43.7 Å². The summed E-state index contributed by atoms with van der Waals surface area (Å²) < 4.78 is 31.2. The summed E-state index contributed by atoms with van der Waals surface area (Å²) >= 11 is 0. The first-order valence-corrected chi connectivity index (χ1v) is 7.97. The van der Waals surface area contributed by atoms with E-state index in [1.54, 1.807) is 11.6 Å². The van der Waals surface area contributed by atoms with Crippen molar-refractivity contribution in [3.63, 3.8) is 0 Å². The van der Waals surface area contributed by atoms with E-state index in [1.165, 1.54) is 6.92 Å². The molecule has 2 aromatic heterocycles. The van der Waals surface area contributed by atoms with E-state index in [2.05, 4.69) is 25.7 Å². The standard InChI is InChI=1S/C10H14N6O3S/c1-6(10-11-7(2)13-19-10)20(17,18)5-9-12-14-15-16(9)8-3-4-8/h6,8H,3-5H2,1-2H3/t6-/m1/s1. The Labute approximate surface area is 115 Å². The predicted octanol–water partition coefficient (Wildman–Crippen LogP) is 0.375. The van der Waals surface area contributed by atoms with Gasteiger partial charge in [0.05, 0.1) is 6.04 Å². The number of sulfone groups is 1. The lowest BCUT2D eigenvalue weighted by molar-refractivity contribution is 0.372. The summed E-state index contributed by atoms with van der Waals surface area (Å²) in [6.45, 7) is 3.16. The van der Waals surface area contributed by atoms with Gasteiger partial charge in [0, 0.05) is 0 Å². The van der Waals surface area contributed by atoms with Crippen LogP contribution in [0.5, 0.6) is 0 Å². The van der Waals surface area contributed by atoms with Crippen molar-refractivity contribution in [1.82, 2.24) is 30.3 Å². The Kier molecular flexibility index (Phi) is 3.04. The number of rotatable bonds is 5. The minimum atomic E-state index is -3.51. The second-order valence-corrected chi connectivity index (χ2v) is 7.22. The van der Waals surface area contributed by atoms with Crippen LogP contribution in [0.2, 0.25) is 0 Å². The molecular formula is C10H14N6O3S. The zero-order valence-corrected chi connectivity index (χ0v) is 11.9. The molecule has 3 rings (SSSR count). The van der Waals surface area contributed by atoms with E-state index in [9.17, 15) is 8.42 Å². The topological polar surface area (TPSA) is 117 Å². The third-order valence-corrected chi connectivity index (χ3v) is 5.15. The van der Waals surface area contributed by atoms with Gasteiger partial charge >= 0.3 is 0 Å². The van der Waals surface area contributed by atoms with Crippen molar-refractivity contribution < 1.29 is 12.9 Å². The molecule has 0 unspecified atom stereocenters. The van der Waals surface area contributed by atoms with E-state index in [4.69, 9.17) is 4.52 Å². The van der Waals surface area contributed by atoms with Gasteiger partial charge in [-0.05, 0) is 37.1 Å². The van der Waals surface area contributed by atoms with Crippen LogP contribution in [0.25, 0.3) is 0 Å². The van der Waals surface area contributed by atoms with Crippen LogP contribution in [0.1, 0.15) is 48.6 Å². The molecule has 0 saturated heterocycles. The van der Waals surface area contributed by atoms with Gasteiger partial charge in [-0.15, -0.1) is 5.10 Å². The first-order chi connectivity index (χ1) is 9.47. The molecule has 1 atom stereocenters. The van der Waals surface area contributed by atoms with E-state index in [1.807, 2.05) is 0 Å². The molecule has 1 saturated carbocycles. The smallest absolute Gasteiger partial charge is 0.244 e. The van der Waals surface area contributed by atoms with Gasteiger partial charge in [-0.2, -0.15) is 4.98 Å². The Morgan fingerprint density at radius 1 is 1.45 bits per heavy atom. The van der Waals surface area contributed by atoms with Crippen molar-refractivity contribution in [1.29, 1.82) is 0 Å². The van der Waals surface area contributed by atoms with E-state index < -0.39 is 15.1 Å². The summed E-state index contributed by atoms with van der Waals surface area (Å²) in [6, 6.07) is 0.233. The minimum absolute atomic E-state index is 0.0907. The molecule has 1 aliphatic carbocycles. The fourth-order valence-corrected chi connectivity index (χ4v) is 3.05. The second kappa shape index (κ2) is 4.62. The van der Waals surface area contributed by atoms with Gasteiger partial charge in [0.25, 0.3) is 0 Å². The molecule has 9 nitrogen and oxygen atoms in total. The first-order valence-electron chi connectivity index (χ1n) is 6.26. The summed E-state index contributed by atoms with van der Waals surface area (Å²) in [5.74, 6) is 0.618. The highest BCUT2D eigenvalue weighted by molar-refractivity contribution is 7.90. The highest BCUT2D eigenvalue weighted by atomic mass is 32.2. The Hall–Kier alpha value is -1.84. The Balaban J connectivity index is 1.83. The third-order valence-electron chi connectivity index (χ3n) is 3.21. The number of tetrazole rings is 1. The largest absolute Gasteiger partial charge is 0.338 e. The number of hydrogen-bond donors (Lipinski definition) is 0. The number of nitrogens with zero attached hydrogens (tertiary/aromatic N) is 6. The molecular weight excluding hydrogens is 284 g/mol. The van der Waals surface area contributed by atoms with Gasteiger partial charge in [0.15, 0.2) is 21.5 Å². The molecule has 0 spiro atoms. The number of aromatic nitrogens is 6. The molecule has 1 aliphatic rings. The molecule has 1 fully saturated rings. The SMILES string of the molecule is Cc1noc([C@@H](C)S(=O)(=O)Cc2nnnn2C2CC2)n1. The van der Waals surface area contributed by atoms with E-state index in [0.29, 0.717) is 11.6 Å². The lowest BCUT2D eigenvalue weighted by Gasteiger charge is -2.08. The maximum atomic E-state index is 12.4. The molecule has 0 aromatic carbocycles. The molecule has 108 valence electrons. The van der Waals surface area contributed by atoms with Gasteiger partial charge in [-0.3, -0.25) is 0 Å². The summed E-state index contributed by atoms with van der Waals surface area (Å²) in [7, 11) is -3.51. The second-order valence-electron chi connectivity index (χ2n) is 4.90. The Morgan fingerprint density at radius 2 is 2.20 bits per heavy atom. The van der Waals surface area contributed by atoms with Gasteiger partial charge < -0.3 is 4.52 Å². The third kappa shape index (κ3) is 2.42. The molecule has 0 amide bonds. The van der Waals surface area contributed by atoms with Gasteiger partial charge in [0.2, 0.25) is 5.89 Å². The Bertz CT molecular complexity index is 717. The lowest BCUT2D eigenvalue weighted by atomic mass is 10.5. The zero-order valence-electron chi connectivity index (χ0n) is 11.1. The van der Waals surface area contributed by atoms with Crippen LogP contribution in [0, 0.1) is 6.92 Å². The average Bonchev–Trinajstić information content (AvgIpc) is 2.99. The van der Waals surface area contributed by atoms with Crippen molar-refractivity contribution in [2.24, 2.45) is 0 Å². The lowest BCUT2D eigenvalue weighted by Crippen LogP contribution is -2.16. The van der Waals surface area contributed by atoms with Crippen molar-refractivity contribution in [3.05, 3.63) is 17.5 Å². The molecule has 10 heteroatoms. The van der Waals surface area contributed by atoms with Gasteiger partial charge in [0.1, 0.15) is 11.0 Å². The maximum Gasteiger partial charge on any atom is 0.244 e. The van der Waals surface area contributed by atoms with Crippen LogP contribution in [0.3, 0.4) is 0 Å². The molecule has 0 N–H and O–H groups in total. The maximum absolute atomic E-state index is 12.4. The van der Waals surface area contributed by atoms with E-state index >= 15 is 0 Å². The number of hydrogen-bond acceptors (Lipinski definition) is 8. The normalized spacial score (nSPS) is 17.3. The average molecular weight is 298 g/mol. The highest BCUT2D eigenvalue weighted by Crippen LogP contribution is 2.35. The highest BCUT2D eigenvalue weighted by Gasteiger charge is 2.33. The fourth-order valence-electron chi connectivity index (χ4n) is 1.85. The molecule has 0 bridgehead atoms. The van der Waals surface area contributed by atoms with Gasteiger partial charge in [-0.1, -0.05) is 5.16 Å². The predicted molar refractivity (Wildman–Crippen MR) is 66.2 cm³/mol. The van der Waals surface area contributed by atoms with Crippen LogP contribution in [-0.4, -0.2) is 38.8 Å². The van der Waals surface area contributed by atoms with E-state index in [-0.39, 0.29) is 17.7 Å². The molecule has 2 heterocycles. The molecule has 20 heavy (non-hydrogen) atoms. The van der Waals surface area contributed by atoms with Crippen LogP contribution >= 0.6 is 0 Å². The quantitative estimate of drug-likeness (QED) is 0.777. The van der Waals surface area contributed by atoms with Crippen LogP contribution in [-0.2, 0) is 15.6 Å². The zero-order chi connectivity index (χ0) is 14.3. The van der Waals surface area contributed by atoms with Crippen molar-refractivity contribution in [2.75, 3.05) is 0 Å². The molecule has 0 aliphatic heterocycles. The summed E-state index contributed by atoms with van der Waals surface area (Å²) in [5, 5.41) is 13.9. The summed E-state index contributed by atoms with van der Waals surface area (Å²) in [5.41, 5.74) is 0. The van der Waals surface area contributed by atoms with Crippen molar-refractivity contribution in [3.8, 4) is 0 Å². The molecule has 0 radical (unpaired) electrons. The first kappa shape index (κ1) is 13.2. The van der Waals surface area contributed by atoms with Crippen LogP contribution in [0.4, 0.5) is 0 Å². The number of aryl methyl sites for hydroxylation is 1. The minimum Gasteiger partial charge on any atom is -0.338 e. The van der Waals surface area contributed by atoms with E-state index in [0.717, 1.165) is 12.8 Å². The summed E-state index contributed by atoms with van der Waals surface area (Å²) in [4.78, 5) is 3.96. The Morgan fingerprint density at radius 3 is 2.80 bits per heavy atom. The monoisotopic (exact) mass is 298 g/mol.